The van der Waals surface area contributed by atoms with Gasteiger partial charge < -0.3 is 15.2 Å². The first-order valence-corrected chi connectivity index (χ1v) is 8.18. The van der Waals surface area contributed by atoms with E-state index in [9.17, 15) is 4.79 Å². The number of imidazole rings is 1. The van der Waals surface area contributed by atoms with E-state index >= 15 is 0 Å². The van der Waals surface area contributed by atoms with Crippen LogP contribution >= 0.6 is 0 Å². The number of amides is 1. The zero-order valence-corrected chi connectivity index (χ0v) is 13.8. The van der Waals surface area contributed by atoms with Crippen LogP contribution in [-0.4, -0.2) is 33.4 Å². The van der Waals surface area contributed by atoms with Gasteiger partial charge in [-0.25, -0.2) is 4.98 Å². The summed E-state index contributed by atoms with van der Waals surface area (Å²) in [6.45, 7) is 2.57. The molecule has 1 aliphatic carbocycles. The molecule has 2 N–H and O–H groups in total. The first kappa shape index (κ1) is 15.6. The average molecular weight is 312 g/mol. The van der Waals surface area contributed by atoms with E-state index < -0.39 is 5.54 Å². The van der Waals surface area contributed by atoms with Gasteiger partial charge in [-0.3, -0.25) is 4.79 Å². The fourth-order valence-corrected chi connectivity index (χ4v) is 3.33. The smallest absolute Gasteiger partial charge is 0.248 e. The largest absolute Gasteiger partial charge is 0.371 e. The molecule has 23 heavy (non-hydrogen) atoms. The van der Waals surface area contributed by atoms with Crippen LogP contribution in [-0.2, 0) is 11.3 Å². The van der Waals surface area contributed by atoms with Crippen LogP contribution in [0.4, 0.5) is 5.69 Å². The summed E-state index contributed by atoms with van der Waals surface area (Å²) in [6, 6.07) is 8.24. The molecule has 1 saturated carbocycles. The Morgan fingerprint density at radius 1 is 1.30 bits per heavy atom. The number of aromatic nitrogens is 2. The molecule has 0 saturated heterocycles. The lowest BCUT2D eigenvalue weighted by atomic mass is 9.94. The van der Waals surface area contributed by atoms with Crippen LogP contribution in [0.3, 0.4) is 0 Å². The number of nitrogens with zero attached hydrogens (tertiary/aromatic N) is 2. The summed E-state index contributed by atoms with van der Waals surface area (Å²) >= 11 is 0. The Kier molecular flexibility index (Phi) is 4.37. The van der Waals surface area contributed by atoms with Crippen molar-refractivity contribution in [2.75, 3.05) is 12.4 Å². The second kappa shape index (κ2) is 6.44. The standard InChI is InChI=1S/C18H24N4O/c1-14-5-7-15(8-6-14)21-18(9-3-4-10-18)17(23)22(2)13-16-19-11-12-20-16/h5-8,11-12,21H,3-4,9-10,13H2,1-2H3,(H,19,20). The Labute approximate surface area is 137 Å². The Hall–Kier alpha value is -2.30. The third kappa shape index (κ3) is 3.38. The molecule has 0 aliphatic heterocycles. The predicted octanol–water partition coefficient (Wildman–Crippen LogP) is 3.10. The molecule has 1 heterocycles. The van der Waals surface area contributed by atoms with Crippen LogP contribution in [0.15, 0.2) is 36.7 Å². The van der Waals surface area contributed by atoms with Gasteiger partial charge in [0.1, 0.15) is 11.4 Å². The Morgan fingerprint density at radius 2 is 2.00 bits per heavy atom. The van der Waals surface area contributed by atoms with Gasteiger partial charge in [0.25, 0.3) is 0 Å². The van der Waals surface area contributed by atoms with E-state index in [1.54, 1.807) is 17.3 Å². The molecule has 1 aromatic carbocycles. The maximum Gasteiger partial charge on any atom is 0.248 e. The Bertz CT molecular complexity index is 642. The third-order valence-electron chi connectivity index (χ3n) is 4.59. The summed E-state index contributed by atoms with van der Waals surface area (Å²) < 4.78 is 0. The van der Waals surface area contributed by atoms with E-state index in [1.807, 2.05) is 7.05 Å². The summed E-state index contributed by atoms with van der Waals surface area (Å²) in [4.78, 5) is 22.1. The second-order valence-electron chi connectivity index (χ2n) is 6.48. The lowest BCUT2D eigenvalue weighted by Crippen LogP contribution is -2.51. The highest BCUT2D eigenvalue weighted by molar-refractivity contribution is 5.89. The molecule has 0 bridgehead atoms. The number of carbonyl (C=O) groups excluding carboxylic acids is 1. The minimum Gasteiger partial charge on any atom is -0.371 e. The van der Waals surface area contributed by atoms with E-state index in [-0.39, 0.29) is 5.91 Å². The molecular formula is C18H24N4O. The fourth-order valence-electron chi connectivity index (χ4n) is 3.33. The van der Waals surface area contributed by atoms with Crippen molar-refractivity contribution in [1.29, 1.82) is 0 Å². The highest BCUT2D eigenvalue weighted by Crippen LogP contribution is 2.35. The van der Waals surface area contributed by atoms with Crippen LogP contribution in [0.1, 0.15) is 37.1 Å². The van der Waals surface area contributed by atoms with Gasteiger partial charge in [-0.15, -0.1) is 0 Å². The number of hydrogen-bond donors (Lipinski definition) is 2. The minimum absolute atomic E-state index is 0.145. The molecule has 0 atom stereocenters. The Morgan fingerprint density at radius 3 is 2.61 bits per heavy atom. The topological polar surface area (TPSA) is 61.0 Å². The normalized spacial score (nSPS) is 16.3. The zero-order valence-electron chi connectivity index (χ0n) is 13.8. The Balaban J connectivity index is 1.76. The van der Waals surface area contributed by atoms with Crippen LogP contribution in [0.5, 0.6) is 0 Å². The number of H-pyrrole nitrogens is 1. The van der Waals surface area contributed by atoms with Crippen molar-refractivity contribution in [3.8, 4) is 0 Å². The first-order chi connectivity index (χ1) is 11.1. The van der Waals surface area contributed by atoms with Gasteiger partial charge in [0, 0.05) is 25.1 Å². The van der Waals surface area contributed by atoms with E-state index in [0.717, 1.165) is 37.2 Å². The van der Waals surface area contributed by atoms with Crippen molar-refractivity contribution in [2.24, 2.45) is 0 Å². The van der Waals surface area contributed by atoms with Gasteiger partial charge in [0.15, 0.2) is 0 Å². The quantitative estimate of drug-likeness (QED) is 0.892. The van der Waals surface area contributed by atoms with Crippen LogP contribution < -0.4 is 5.32 Å². The van der Waals surface area contributed by atoms with Gasteiger partial charge in [0.05, 0.1) is 6.54 Å². The lowest BCUT2D eigenvalue weighted by molar-refractivity contribution is -0.135. The van der Waals surface area contributed by atoms with Crippen molar-refractivity contribution in [2.45, 2.75) is 44.7 Å². The third-order valence-corrected chi connectivity index (χ3v) is 4.59. The van der Waals surface area contributed by atoms with Crippen LogP contribution in [0, 0.1) is 6.92 Å². The highest BCUT2D eigenvalue weighted by Gasteiger charge is 2.42. The van der Waals surface area contributed by atoms with Gasteiger partial charge in [-0.2, -0.15) is 0 Å². The lowest BCUT2D eigenvalue weighted by Gasteiger charge is -2.34. The first-order valence-electron chi connectivity index (χ1n) is 8.18. The molecule has 1 aromatic heterocycles. The molecule has 5 heteroatoms. The molecule has 1 fully saturated rings. The van der Waals surface area contributed by atoms with Crippen LogP contribution in [0.25, 0.3) is 0 Å². The van der Waals surface area contributed by atoms with Crippen LogP contribution in [0.2, 0.25) is 0 Å². The van der Waals surface area contributed by atoms with Crippen molar-refractivity contribution in [3.05, 3.63) is 48.0 Å². The zero-order chi connectivity index (χ0) is 16.3. The van der Waals surface area contributed by atoms with E-state index in [4.69, 9.17) is 0 Å². The monoisotopic (exact) mass is 312 g/mol. The molecule has 1 amide bonds. The molecule has 1 aliphatic rings. The maximum atomic E-state index is 13.1. The van der Waals surface area contributed by atoms with Gasteiger partial charge >= 0.3 is 0 Å². The molecule has 5 nitrogen and oxygen atoms in total. The average Bonchev–Trinajstić information content (AvgIpc) is 3.21. The molecule has 0 unspecified atom stereocenters. The predicted molar refractivity (Wildman–Crippen MR) is 91.1 cm³/mol. The maximum absolute atomic E-state index is 13.1. The number of aromatic amines is 1. The number of aryl methyl sites for hydroxylation is 1. The molecule has 0 radical (unpaired) electrons. The molecule has 0 spiro atoms. The number of nitrogens with one attached hydrogen (secondary N) is 2. The van der Waals surface area contributed by atoms with Crippen molar-refractivity contribution in [1.82, 2.24) is 14.9 Å². The molecular weight excluding hydrogens is 288 g/mol. The SMILES string of the molecule is Cc1ccc(NC2(C(=O)N(C)Cc3ncc[nH]3)CCCC2)cc1. The van der Waals surface area contributed by atoms with E-state index in [0.29, 0.717) is 6.54 Å². The van der Waals surface area contributed by atoms with Crippen molar-refractivity contribution >= 4 is 11.6 Å². The van der Waals surface area contributed by atoms with Gasteiger partial charge in [0.2, 0.25) is 5.91 Å². The van der Waals surface area contributed by atoms with E-state index in [2.05, 4.69) is 46.5 Å². The summed E-state index contributed by atoms with van der Waals surface area (Å²) in [5.41, 5.74) is 1.74. The number of hydrogen-bond acceptors (Lipinski definition) is 3. The highest BCUT2D eigenvalue weighted by atomic mass is 16.2. The van der Waals surface area contributed by atoms with Gasteiger partial charge in [-0.1, -0.05) is 30.5 Å². The molecule has 3 rings (SSSR count). The van der Waals surface area contributed by atoms with E-state index in [1.165, 1.54) is 5.56 Å². The summed E-state index contributed by atoms with van der Waals surface area (Å²) in [6.07, 6.45) is 7.41. The van der Waals surface area contributed by atoms with Crippen molar-refractivity contribution < 1.29 is 4.79 Å². The number of carbonyl (C=O) groups is 1. The summed E-state index contributed by atoms with van der Waals surface area (Å²) in [7, 11) is 1.85. The number of benzene rings is 1. The summed E-state index contributed by atoms with van der Waals surface area (Å²) in [5, 5.41) is 3.52. The van der Waals surface area contributed by atoms with Crippen molar-refractivity contribution in [3.63, 3.8) is 0 Å². The molecule has 122 valence electrons. The second-order valence-corrected chi connectivity index (χ2v) is 6.48. The molecule has 2 aromatic rings. The minimum atomic E-state index is -0.489. The van der Waals surface area contributed by atoms with Gasteiger partial charge in [-0.05, 0) is 31.9 Å². The number of rotatable bonds is 5. The summed E-state index contributed by atoms with van der Waals surface area (Å²) in [5.74, 6) is 0.955. The number of likely N-dealkylation sites (N-methyl/N-ethyl adjacent to an activating group) is 1. The number of anilines is 1. The fraction of sp³-hybridized carbons (Fsp3) is 0.444.